The van der Waals surface area contributed by atoms with E-state index in [0.29, 0.717) is 30.1 Å². The summed E-state index contributed by atoms with van der Waals surface area (Å²) in [7, 11) is 3.47. The van der Waals surface area contributed by atoms with Crippen molar-refractivity contribution in [2.75, 3.05) is 26.1 Å². The summed E-state index contributed by atoms with van der Waals surface area (Å²) in [6, 6.07) is 4.05. The smallest absolute Gasteiger partial charge is 0.257 e. The maximum Gasteiger partial charge on any atom is 0.257 e. The highest BCUT2D eigenvalue weighted by molar-refractivity contribution is 5.70. The lowest BCUT2D eigenvalue weighted by molar-refractivity contribution is 0.294. The summed E-state index contributed by atoms with van der Waals surface area (Å²) in [5.41, 5.74) is 3.49. The van der Waals surface area contributed by atoms with E-state index in [1.807, 2.05) is 19.2 Å². The maximum absolute atomic E-state index is 5.89. The number of unbranched alkanes of at least 4 members (excludes halogenated alkanes) is 2. The van der Waals surface area contributed by atoms with E-state index in [1.54, 1.807) is 7.11 Å². The van der Waals surface area contributed by atoms with Crippen molar-refractivity contribution in [1.82, 2.24) is 15.0 Å². The molecule has 2 aromatic heterocycles. The molecule has 0 atom stereocenters. The Morgan fingerprint density at radius 2 is 1.81 bits per heavy atom. The van der Waals surface area contributed by atoms with Crippen LogP contribution in [-0.2, 0) is 6.42 Å². The van der Waals surface area contributed by atoms with Crippen molar-refractivity contribution < 1.29 is 9.47 Å². The van der Waals surface area contributed by atoms with Gasteiger partial charge in [0.15, 0.2) is 5.82 Å². The largest absolute Gasteiger partial charge is 0.480 e. The first kappa shape index (κ1) is 20.9. The Morgan fingerprint density at radius 1 is 1.04 bits per heavy atom. The quantitative estimate of drug-likeness (QED) is 0.602. The summed E-state index contributed by atoms with van der Waals surface area (Å²) in [4.78, 5) is 14.2. The Morgan fingerprint density at radius 3 is 2.41 bits per heavy atom. The van der Waals surface area contributed by atoms with Crippen LogP contribution < -0.4 is 14.8 Å². The van der Waals surface area contributed by atoms with Crippen LogP contribution in [0.25, 0.3) is 11.3 Å². The minimum Gasteiger partial charge on any atom is -0.480 e. The fourth-order valence-corrected chi connectivity index (χ4v) is 2.81. The highest BCUT2D eigenvalue weighted by atomic mass is 16.5. The molecule has 0 saturated carbocycles. The Kier molecular flexibility index (Phi) is 7.82. The molecule has 0 aliphatic carbocycles. The highest BCUT2D eigenvalue weighted by Crippen LogP contribution is 2.34. The van der Waals surface area contributed by atoms with Gasteiger partial charge in [-0.3, -0.25) is 0 Å². The van der Waals surface area contributed by atoms with E-state index in [2.05, 4.69) is 38.0 Å². The number of anilines is 1. The number of methoxy groups -OCH3 is 1. The van der Waals surface area contributed by atoms with E-state index in [4.69, 9.17) is 19.4 Å². The molecule has 0 saturated heterocycles. The van der Waals surface area contributed by atoms with E-state index < -0.39 is 0 Å². The first-order valence-corrected chi connectivity index (χ1v) is 9.82. The van der Waals surface area contributed by atoms with Crippen LogP contribution in [0.15, 0.2) is 12.1 Å². The SMILES string of the molecule is CCCCCOc1nc(CC)c(-c2ccc(C(C)C)nc2OC)nc1NC. The first-order valence-electron chi connectivity index (χ1n) is 9.82. The monoisotopic (exact) mass is 372 g/mol. The number of rotatable bonds is 10. The van der Waals surface area contributed by atoms with Crippen LogP contribution in [0, 0.1) is 0 Å². The van der Waals surface area contributed by atoms with Crippen molar-refractivity contribution in [1.29, 1.82) is 0 Å². The normalized spacial score (nSPS) is 10.9. The van der Waals surface area contributed by atoms with Crippen molar-refractivity contribution in [2.24, 2.45) is 0 Å². The molecule has 6 heteroatoms. The number of aryl methyl sites for hydroxylation is 1. The number of nitrogens with zero attached hydrogens (tertiary/aromatic N) is 3. The Balaban J connectivity index is 2.44. The van der Waals surface area contributed by atoms with Gasteiger partial charge in [0.1, 0.15) is 0 Å². The number of hydrogen-bond acceptors (Lipinski definition) is 6. The van der Waals surface area contributed by atoms with Crippen molar-refractivity contribution in [3.63, 3.8) is 0 Å². The zero-order valence-electron chi connectivity index (χ0n) is 17.4. The summed E-state index contributed by atoms with van der Waals surface area (Å²) in [6.07, 6.45) is 4.06. The van der Waals surface area contributed by atoms with Gasteiger partial charge in [0.25, 0.3) is 5.88 Å². The van der Waals surface area contributed by atoms with Crippen LogP contribution in [0.2, 0.25) is 0 Å². The van der Waals surface area contributed by atoms with Crippen molar-refractivity contribution in [3.8, 4) is 23.0 Å². The van der Waals surface area contributed by atoms with Crippen molar-refractivity contribution in [3.05, 3.63) is 23.5 Å². The summed E-state index contributed by atoms with van der Waals surface area (Å²) >= 11 is 0. The fourth-order valence-electron chi connectivity index (χ4n) is 2.81. The average molecular weight is 373 g/mol. The Hall–Kier alpha value is -2.37. The maximum atomic E-state index is 5.89. The molecule has 2 aromatic rings. The van der Waals surface area contributed by atoms with Gasteiger partial charge in [0.2, 0.25) is 5.88 Å². The third kappa shape index (κ3) is 5.08. The van der Waals surface area contributed by atoms with Crippen molar-refractivity contribution >= 4 is 5.82 Å². The van der Waals surface area contributed by atoms with Gasteiger partial charge in [-0.2, -0.15) is 0 Å². The summed E-state index contributed by atoms with van der Waals surface area (Å²) < 4.78 is 11.4. The zero-order valence-corrected chi connectivity index (χ0v) is 17.4. The summed E-state index contributed by atoms with van der Waals surface area (Å²) in [6.45, 7) is 9.11. The molecule has 0 spiro atoms. The molecule has 6 nitrogen and oxygen atoms in total. The molecule has 0 bridgehead atoms. The zero-order chi connectivity index (χ0) is 19.8. The van der Waals surface area contributed by atoms with Crippen LogP contribution in [0.5, 0.6) is 11.8 Å². The van der Waals surface area contributed by atoms with Gasteiger partial charge in [-0.05, 0) is 30.9 Å². The van der Waals surface area contributed by atoms with Crippen LogP contribution in [-0.4, -0.2) is 35.7 Å². The molecule has 0 amide bonds. The molecule has 148 valence electrons. The minimum atomic E-state index is 0.330. The Bertz CT molecular complexity index is 747. The second kappa shape index (κ2) is 10.1. The van der Waals surface area contributed by atoms with Gasteiger partial charge in [0.05, 0.1) is 30.7 Å². The van der Waals surface area contributed by atoms with E-state index in [9.17, 15) is 0 Å². The van der Waals surface area contributed by atoms with Crippen molar-refractivity contribution in [2.45, 2.75) is 59.3 Å². The van der Waals surface area contributed by atoms with Gasteiger partial charge < -0.3 is 14.8 Å². The van der Waals surface area contributed by atoms with E-state index in [1.165, 1.54) is 0 Å². The van der Waals surface area contributed by atoms with E-state index >= 15 is 0 Å². The number of hydrogen-bond donors (Lipinski definition) is 1. The van der Waals surface area contributed by atoms with Crippen LogP contribution in [0.4, 0.5) is 5.82 Å². The van der Waals surface area contributed by atoms with E-state index in [0.717, 1.165) is 48.3 Å². The van der Waals surface area contributed by atoms with Gasteiger partial charge >= 0.3 is 0 Å². The molecule has 27 heavy (non-hydrogen) atoms. The molecule has 0 fully saturated rings. The fraction of sp³-hybridized carbons (Fsp3) is 0.571. The second-order valence-corrected chi connectivity index (χ2v) is 6.78. The predicted octanol–water partition coefficient (Wildman–Crippen LogP) is 4.84. The lowest BCUT2D eigenvalue weighted by atomic mass is 10.1. The molecular weight excluding hydrogens is 340 g/mol. The van der Waals surface area contributed by atoms with E-state index in [-0.39, 0.29) is 0 Å². The molecule has 0 aliphatic heterocycles. The standard InChI is InChI=1S/C21H32N4O2/c1-7-9-10-13-27-21-19(22-5)25-18(16(8-2)23-21)15-11-12-17(14(3)4)24-20(15)26-6/h11-12,14H,7-10,13H2,1-6H3,(H,22,25). The van der Waals surface area contributed by atoms with Gasteiger partial charge in [-0.1, -0.05) is 40.5 Å². The lowest BCUT2D eigenvalue weighted by Crippen LogP contribution is -2.09. The van der Waals surface area contributed by atoms with Gasteiger partial charge in [-0.15, -0.1) is 0 Å². The number of nitrogens with one attached hydrogen (secondary N) is 1. The topological polar surface area (TPSA) is 69.2 Å². The third-order valence-corrected chi connectivity index (χ3v) is 4.42. The molecular formula is C21H32N4O2. The number of aromatic nitrogens is 3. The minimum absolute atomic E-state index is 0.330. The van der Waals surface area contributed by atoms with Crippen LogP contribution in [0.3, 0.4) is 0 Å². The molecule has 0 aliphatic rings. The molecule has 1 N–H and O–H groups in total. The molecule has 2 rings (SSSR count). The summed E-state index contributed by atoms with van der Waals surface area (Å²) in [5.74, 6) is 2.09. The molecule has 0 aromatic carbocycles. The Labute approximate surface area is 162 Å². The highest BCUT2D eigenvalue weighted by Gasteiger charge is 2.19. The molecule has 0 unspecified atom stereocenters. The molecule has 0 radical (unpaired) electrons. The average Bonchev–Trinajstić information content (AvgIpc) is 2.70. The lowest BCUT2D eigenvalue weighted by Gasteiger charge is -2.16. The second-order valence-electron chi connectivity index (χ2n) is 6.78. The number of pyridine rings is 1. The van der Waals surface area contributed by atoms with Crippen LogP contribution >= 0.6 is 0 Å². The third-order valence-electron chi connectivity index (χ3n) is 4.42. The van der Waals surface area contributed by atoms with Gasteiger partial charge in [-0.25, -0.2) is 15.0 Å². The summed E-state index contributed by atoms with van der Waals surface area (Å²) in [5, 5.41) is 3.11. The van der Waals surface area contributed by atoms with Gasteiger partial charge in [0, 0.05) is 12.7 Å². The van der Waals surface area contributed by atoms with Crippen LogP contribution in [0.1, 0.15) is 64.3 Å². The number of ether oxygens (including phenoxy) is 2. The predicted molar refractivity (Wildman–Crippen MR) is 110 cm³/mol. The first-order chi connectivity index (χ1) is 13.0. The molecule has 2 heterocycles.